The number of phenols is 2. The highest BCUT2D eigenvalue weighted by atomic mass is 35.5. The molecule has 0 radical (unpaired) electrons. The van der Waals surface area contributed by atoms with E-state index in [2.05, 4.69) is 23.2 Å². The third-order valence-corrected chi connectivity index (χ3v) is 8.01. The Balaban J connectivity index is 1.28. The van der Waals surface area contributed by atoms with Crippen LogP contribution in [0.25, 0.3) is 0 Å². The van der Waals surface area contributed by atoms with Crippen LogP contribution in [0.1, 0.15) is 56.6 Å². The second-order valence-electron chi connectivity index (χ2n) is 8.95. The van der Waals surface area contributed by atoms with E-state index in [0.29, 0.717) is 6.04 Å². The van der Waals surface area contributed by atoms with Crippen molar-refractivity contribution in [3.8, 4) is 11.5 Å². The summed E-state index contributed by atoms with van der Waals surface area (Å²) in [6.07, 6.45) is 9.05. The standard InChI is InChI=1S/C27H39ClN2O2S/c1-2-17-30(22-12-13-23-21(20-22)11-14-25(31)27(23)32)18-8-4-3-7-15-29-16-19-33-26-10-6-5-9-24(26)28/h5-6,9-11,14,22,29,31-32H,2-4,7-8,12-13,15-20H2,1H3. The van der Waals surface area contributed by atoms with E-state index in [0.717, 1.165) is 66.7 Å². The average molecular weight is 491 g/mol. The van der Waals surface area contributed by atoms with Crippen molar-refractivity contribution in [1.82, 2.24) is 10.2 Å². The summed E-state index contributed by atoms with van der Waals surface area (Å²) in [4.78, 5) is 3.81. The number of fused-ring (bicyclic) bond motifs is 1. The first-order valence-electron chi connectivity index (χ1n) is 12.4. The molecule has 182 valence electrons. The molecule has 0 spiro atoms. The first kappa shape index (κ1) is 26.2. The summed E-state index contributed by atoms with van der Waals surface area (Å²) in [5.74, 6) is 1.13. The molecule has 0 heterocycles. The molecule has 4 nitrogen and oxygen atoms in total. The van der Waals surface area contributed by atoms with Gasteiger partial charge in [0.25, 0.3) is 0 Å². The van der Waals surface area contributed by atoms with E-state index in [1.54, 1.807) is 6.07 Å². The molecule has 1 atom stereocenters. The van der Waals surface area contributed by atoms with Gasteiger partial charge in [0, 0.05) is 28.8 Å². The van der Waals surface area contributed by atoms with E-state index in [1.165, 1.54) is 37.7 Å². The Hall–Kier alpha value is -1.40. The van der Waals surface area contributed by atoms with Crippen molar-refractivity contribution in [2.24, 2.45) is 0 Å². The van der Waals surface area contributed by atoms with Gasteiger partial charge in [-0.2, -0.15) is 0 Å². The molecule has 2 aromatic carbocycles. The van der Waals surface area contributed by atoms with Crippen LogP contribution in [0.3, 0.4) is 0 Å². The quantitative estimate of drug-likeness (QED) is 0.166. The van der Waals surface area contributed by atoms with Crippen LogP contribution in [0.15, 0.2) is 41.3 Å². The largest absolute Gasteiger partial charge is 0.504 e. The van der Waals surface area contributed by atoms with Gasteiger partial charge in [0.05, 0.1) is 5.02 Å². The van der Waals surface area contributed by atoms with Crippen LogP contribution in [0, 0.1) is 0 Å². The van der Waals surface area contributed by atoms with Crippen molar-refractivity contribution in [1.29, 1.82) is 0 Å². The van der Waals surface area contributed by atoms with Crippen molar-refractivity contribution in [2.75, 3.05) is 31.9 Å². The SMILES string of the molecule is CCCN(CCCCCCNCCSc1ccccc1Cl)C1CCc2c(ccc(O)c2O)C1. The van der Waals surface area contributed by atoms with Gasteiger partial charge in [-0.25, -0.2) is 0 Å². The monoisotopic (exact) mass is 490 g/mol. The lowest BCUT2D eigenvalue weighted by molar-refractivity contribution is 0.175. The third-order valence-electron chi connectivity index (χ3n) is 6.49. The summed E-state index contributed by atoms with van der Waals surface area (Å²) in [7, 11) is 0. The highest BCUT2D eigenvalue weighted by Crippen LogP contribution is 2.36. The molecule has 1 aliphatic carbocycles. The van der Waals surface area contributed by atoms with Crippen molar-refractivity contribution < 1.29 is 10.2 Å². The zero-order chi connectivity index (χ0) is 23.5. The molecule has 1 aliphatic rings. The normalized spacial score (nSPS) is 15.7. The molecule has 0 aliphatic heterocycles. The Labute approximate surface area is 208 Å². The molecule has 33 heavy (non-hydrogen) atoms. The Bertz CT molecular complexity index is 864. The second kappa shape index (κ2) is 14.1. The van der Waals surface area contributed by atoms with Crippen LogP contribution in [0.5, 0.6) is 11.5 Å². The van der Waals surface area contributed by atoms with Crippen LogP contribution in [0.4, 0.5) is 0 Å². The van der Waals surface area contributed by atoms with Crippen LogP contribution in [0.2, 0.25) is 5.02 Å². The van der Waals surface area contributed by atoms with Crippen LogP contribution < -0.4 is 5.32 Å². The summed E-state index contributed by atoms with van der Waals surface area (Å²) in [5.41, 5.74) is 2.14. The lowest BCUT2D eigenvalue weighted by Crippen LogP contribution is -2.40. The van der Waals surface area contributed by atoms with E-state index in [-0.39, 0.29) is 11.5 Å². The smallest absolute Gasteiger partial charge is 0.160 e. The maximum Gasteiger partial charge on any atom is 0.160 e. The van der Waals surface area contributed by atoms with E-state index in [1.807, 2.05) is 36.0 Å². The first-order chi connectivity index (χ1) is 16.1. The number of nitrogens with one attached hydrogen (secondary N) is 1. The molecule has 1 unspecified atom stereocenters. The predicted molar refractivity (Wildman–Crippen MR) is 141 cm³/mol. The molecule has 0 saturated carbocycles. The highest BCUT2D eigenvalue weighted by molar-refractivity contribution is 7.99. The maximum atomic E-state index is 10.2. The molecule has 0 bridgehead atoms. The molecule has 0 amide bonds. The molecule has 2 aromatic rings. The Morgan fingerprint density at radius 1 is 1.03 bits per heavy atom. The minimum Gasteiger partial charge on any atom is -0.504 e. The van der Waals surface area contributed by atoms with Crippen molar-refractivity contribution in [3.63, 3.8) is 0 Å². The van der Waals surface area contributed by atoms with Gasteiger partial charge in [-0.05, 0) is 81.9 Å². The second-order valence-corrected chi connectivity index (χ2v) is 10.5. The van der Waals surface area contributed by atoms with E-state index >= 15 is 0 Å². The Kier molecular flexibility index (Phi) is 11.2. The number of hydrogen-bond acceptors (Lipinski definition) is 5. The minimum absolute atomic E-state index is 0.00597. The number of aromatic hydroxyl groups is 2. The summed E-state index contributed by atoms with van der Waals surface area (Å²) in [5, 5.41) is 24.3. The Morgan fingerprint density at radius 2 is 1.85 bits per heavy atom. The maximum absolute atomic E-state index is 10.2. The summed E-state index contributed by atoms with van der Waals surface area (Å²) in [6, 6.07) is 12.2. The molecule has 6 heteroatoms. The number of phenolic OH excluding ortho intramolecular Hbond substituents is 2. The number of unbranched alkanes of at least 4 members (excludes halogenated alkanes) is 3. The number of halogens is 1. The van der Waals surface area contributed by atoms with E-state index in [4.69, 9.17) is 11.6 Å². The fraction of sp³-hybridized carbons (Fsp3) is 0.556. The number of rotatable bonds is 14. The predicted octanol–water partition coefficient (Wildman–Crippen LogP) is 6.26. The van der Waals surface area contributed by atoms with Gasteiger partial charge in [-0.1, -0.05) is 49.6 Å². The molecule has 3 N–H and O–H groups in total. The molecule has 3 rings (SSSR count). The number of benzene rings is 2. The average Bonchev–Trinajstić information content (AvgIpc) is 2.83. The van der Waals surface area contributed by atoms with E-state index < -0.39 is 0 Å². The molecular formula is C27H39ClN2O2S. The first-order valence-corrected chi connectivity index (χ1v) is 13.8. The number of nitrogens with zero attached hydrogens (tertiary/aromatic N) is 1. The van der Waals surface area contributed by atoms with Gasteiger partial charge in [0.2, 0.25) is 0 Å². The van der Waals surface area contributed by atoms with Crippen LogP contribution in [-0.2, 0) is 12.8 Å². The lowest BCUT2D eigenvalue weighted by atomic mass is 9.86. The third kappa shape index (κ3) is 8.10. The van der Waals surface area contributed by atoms with Crippen LogP contribution in [-0.4, -0.2) is 53.1 Å². The zero-order valence-corrected chi connectivity index (χ0v) is 21.4. The molecule has 0 saturated heterocycles. The topological polar surface area (TPSA) is 55.7 Å². The zero-order valence-electron chi connectivity index (χ0n) is 19.9. The van der Waals surface area contributed by atoms with Gasteiger partial charge >= 0.3 is 0 Å². The van der Waals surface area contributed by atoms with Crippen LogP contribution >= 0.6 is 23.4 Å². The highest BCUT2D eigenvalue weighted by Gasteiger charge is 2.26. The lowest BCUT2D eigenvalue weighted by Gasteiger charge is -2.35. The van der Waals surface area contributed by atoms with Gasteiger partial charge < -0.3 is 20.4 Å². The summed E-state index contributed by atoms with van der Waals surface area (Å²) >= 11 is 8.01. The van der Waals surface area contributed by atoms with Crippen molar-refractivity contribution in [2.45, 2.75) is 69.2 Å². The summed E-state index contributed by atoms with van der Waals surface area (Å²) < 4.78 is 0. The van der Waals surface area contributed by atoms with Gasteiger partial charge in [0.1, 0.15) is 0 Å². The number of thioether (sulfide) groups is 1. The number of hydrogen-bond donors (Lipinski definition) is 3. The van der Waals surface area contributed by atoms with Gasteiger partial charge in [0.15, 0.2) is 11.5 Å². The molecule has 0 aromatic heterocycles. The van der Waals surface area contributed by atoms with E-state index in [9.17, 15) is 10.2 Å². The van der Waals surface area contributed by atoms with Gasteiger partial charge in [-0.3, -0.25) is 0 Å². The minimum atomic E-state index is 0.00597. The van der Waals surface area contributed by atoms with Crippen molar-refractivity contribution in [3.05, 3.63) is 52.5 Å². The fourth-order valence-corrected chi connectivity index (χ4v) is 5.86. The van der Waals surface area contributed by atoms with Gasteiger partial charge in [-0.15, -0.1) is 11.8 Å². The Morgan fingerprint density at radius 3 is 2.67 bits per heavy atom. The summed E-state index contributed by atoms with van der Waals surface area (Å²) in [6.45, 7) is 6.63. The fourth-order valence-electron chi connectivity index (χ4n) is 4.72. The molecule has 0 fully saturated rings. The van der Waals surface area contributed by atoms with Crippen molar-refractivity contribution >= 4 is 23.4 Å². The molecular weight excluding hydrogens is 452 g/mol.